The number of nitro benzene ring substituents is 1. The van der Waals surface area contributed by atoms with Crippen molar-refractivity contribution >= 4 is 17.6 Å². The number of ether oxygens (including phenoxy) is 11. The fourth-order valence-corrected chi connectivity index (χ4v) is 8.75. The molecule has 3 rings (SSSR count). The van der Waals surface area contributed by atoms with Gasteiger partial charge < -0.3 is 57.2 Å². The number of hydrogen-bond donors (Lipinski definition) is 1. The molecule has 17 nitrogen and oxygen atoms in total. The molecule has 1 aromatic rings. The van der Waals surface area contributed by atoms with Gasteiger partial charge in [-0.3, -0.25) is 19.7 Å². The van der Waals surface area contributed by atoms with Crippen LogP contribution in [-0.4, -0.2) is 121 Å². The smallest absolute Gasteiger partial charge is 0.323 e. The lowest BCUT2D eigenvalue weighted by atomic mass is 9.86. The molecule has 0 amide bonds. The molecular weight excluding hydrogens is 883 g/mol. The van der Waals surface area contributed by atoms with Crippen molar-refractivity contribution in [1.82, 2.24) is 0 Å². The molecule has 2 aliphatic heterocycles. The number of cyclic esters (lactones) is 1. The highest BCUT2D eigenvalue weighted by Gasteiger charge is 2.49. The summed E-state index contributed by atoms with van der Waals surface area (Å²) in [6, 6.07) is 5.69. The van der Waals surface area contributed by atoms with Gasteiger partial charge in [0, 0.05) is 56.8 Å². The van der Waals surface area contributed by atoms with Crippen LogP contribution in [0.3, 0.4) is 0 Å². The number of carboxylic acid groups (broad SMARTS) is 1. The van der Waals surface area contributed by atoms with Crippen LogP contribution in [0.25, 0.3) is 0 Å². The molecule has 2 heterocycles. The minimum absolute atomic E-state index is 0.00776. The summed E-state index contributed by atoms with van der Waals surface area (Å²) in [6.45, 7) is 27.8. The molecule has 68 heavy (non-hydrogen) atoms. The van der Waals surface area contributed by atoms with Gasteiger partial charge in [-0.05, 0) is 119 Å². The lowest BCUT2D eigenvalue weighted by molar-refractivity contribution is -0.384. The Morgan fingerprint density at radius 3 is 2.13 bits per heavy atom. The van der Waals surface area contributed by atoms with E-state index in [0.717, 1.165) is 6.42 Å². The van der Waals surface area contributed by atoms with Crippen LogP contribution in [0.1, 0.15) is 123 Å². The van der Waals surface area contributed by atoms with Crippen molar-refractivity contribution in [2.45, 2.75) is 196 Å². The fraction of sp³-hybridized carbons (Fsp3) is 0.725. The van der Waals surface area contributed by atoms with Crippen LogP contribution in [0.2, 0.25) is 0 Å². The molecule has 1 N–H and O–H groups in total. The van der Waals surface area contributed by atoms with Crippen LogP contribution in [0, 0.1) is 27.9 Å². The van der Waals surface area contributed by atoms with E-state index in [-0.39, 0.29) is 55.7 Å². The summed E-state index contributed by atoms with van der Waals surface area (Å²) in [7, 11) is 0. The number of benzene rings is 1. The Bertz CT molecular complexity index is 1790. The zero-order valence-corrected chi connectivity index (χ0v) is 42.9. The van der Waals surface area contributed by atoms with Crippen LogP contribution in [0.5, 0.6) is 5.75 Å². The molecular formula is C51H81NO16. The molecule has 386 valence electrons. The summed E-state index contributed by atoms with van der Waals surface area (Å²) in [5, 5.41) is 22.2. The monoisotopic (exact) mass is 964 g/mol. The van der Waals surface area contributed by atoms with E-state index >= 15 is 0 Å². The Kier molecular flexibility index (Phi) is 24.2. The standard InChI is InChI=1S/C51H81NO16/c1-15-41(62-35(9)58-16-2)34(8)47-43(65-47)31-50(13,67-37(11)60-18-4)29-20-21-32(6)46-33(7)22-27-44(64-40-25-23-39(24-26-40)52(56)57)51(14,68-38(12)61-19-5)30-28-42(63-36(10)59-17-3)45(48(53)54)49(55)66-46/h20-27,29,33-38,41-47H,15-19,28,30-31H2,1-14H3,(H,53,54)/b27-22+,29-20+,32-21+. The van der Waals surface area contributed by atoms with Gasteiger partial charge in [0.2, 0.25) is 0 Å². The second-order valence-electron chi connectivity index (χ2n) is 17.9. The third-order valence-corrected chi connectivity index (χ3v) is 12.2. The maximum Gasteiger partial charge on any atom is 0.323 e. The average molecular weight is 964 g/mol. The van der Waals surface area contributed by atoms with E-state index in [1.165, 1.54) is 24.3 Å². The number of allylic oxidation sites excluding steroid dienone is 2. The number of carbonyl (C=O) groups is 2. The van der Waals surface area contributed by atoms with Gasteiger partial charge in [-0.2, -0.15) is 0 Å². The number of carbonyl (C=O) groups excluding carboxylic acids is 1. The number of hydrogen-bond acceptors (Lipinski definition) is 15. The van der Waals surface area contributed by atoms with Crippen molar-refractivity contribution in [2.24, 2.45) is 17.8 Å². The van der Waals surface area contributed by atoms with Crippen LogP contribution in [0.15, 0.2) is 60.2 Å². The van der Waals surface area contributed by atoms with Crippen LogP contribution in [-0.2, 0) is 57.0 Å². The predicted octanol–water partition coefficient (Wildman–Crippen LogP) is 9.50. The Labute approximate surface area is 404 Å². The molecule has 2 aliphatic rings. The number of rotatable bonds is 28. The zero-order chi connectivity index (χ0) is 50.8. The third kappa shape index (κ3) is 18.2. The van der Waals surface area contributed by atoms with Gasteiger partial charge in [0.1, 0.15) is 23.6 Å². The van der Waals surface area contributed by atoms with Crippen molar-refractivity contribution < 1.29 is 71.7 Å². The number of non-ortho nitro benzene ring substituents is 1. The minimum Gasteiger partial charge on any atom is -0.483 e. The fourth-order valence-electron chi connectivity index (χ4n) is 8.75. The van der Waals surface area contributed by atoms with Crippen LogP contribution in [0.4, 0.5) is 5.69 Å². The molecule has 15 atom stereocenters. The first kappa shape index (κ1) is 58.5. The van der Waals surface area contributed by atoms with Gasteiger partial charge in [0.15, 0.2) is 31.1 Å². The number of aliphatic carboxylic acids is 1. The van der Waals surface area contributed by atoms with E-state index < -0.39 is 77.1 Å². The predicted molar refractivity (Wildman–Crippen MR) is 255 cm³/mol. The van der Waals surface area contributed by atoms with Gasteiger partial charge in [0.05, 0.1) is 34.9 Å². The molecule has 0 saturated carbocycles. The Morgan fingerprint density at radius 1 is 0.941 bits per heavy atom. The van der Waals surface area contributed by atoms with Crippen molar-refractivity contribution in [1.29, 1.82) is 0 Å². The van der Waals surface area contributed by atoms with Gasteiger partial charge >= 0.3 is 11.9 Å². The first-order valence-corrected chi connectivity index (χ1v) is 24.3. The molecule has 0 spiro atoms. The van der Waals surface area contributed by atoms with Crippen LogP contribution >= 0.6 is 0 Å². The maximum absolute atomic E-state index is 14.3. The largest absolute Gasteiger partial charge is 0.483 e. The molecule has 15 unspecified atom stereocenters. The van der Waals surface area contributed by atoms with E-state index in [9.17, 15) is 24.8 Å². The summed E-state index contributed by atoms with van der Waals surface area (Å²) < 4.78 is 67.5. The Balaban J connectivity index is 2.12. The lowest BCUT2D eigenvalue weighted by Crippen LogP contribution is -2.49. The van der Waals surface area contributed by atoms with Crippen molar-refractivity contribution in [3.8, 4) is 5.75 Å². The van der Waals surface area contributed by atoms with Gasteiger partial charge in [-0.15, -0.1) is 0 Å². The highest BCUT2D eigenvalue weighted by atomic mass is 16.7. The first-order valence-electron chi connectivity index (χ1n) is 24.3. The quantitative estimate of drug-likeness (QED) is 0.0121. The molecule has 1 saturated heterocycles. The summed E-state index contributed by atoms with van der Waals surface area (Å²) in [4.78, 5) is 38.5. The van der Waals surface area contributed by atoms with E-state index in [1.54, 1.807) is 27.7 Å². The summed E-state index contributed by atoms with van der Waals surface area (Å²) in [5.41, 5.74) is -1.61. The van der Waals surface area contributed by atoms with E-state index in [0.29, 0.717) is 37.6 Å². The number of esters is 1. The average Bonchev–Trinajstić information content (AvgIpc) is 4.03. The molecule has 1 aromatic carbocycles. The summed E-state index contributed by atoms with van der Waals surface area (Å²) in [5.74, 6) is -4.31. The highest BCUT2D eigenvalue weighted by molar-refractivity contribution is 5.94. The molecule has 0 radical (unpaired) electrons. The molecule has 1 fully saturated rings. The SMILES string of the molecule is CCOC(C)OC1CCC(C)(OC(C)OCC)C(Oc2ccc([N+](=O)[O-])cc2)/C=C/C(C)C(/C(C)=C/C=C/C(C)(CC2OC2C(C)C(CC)OC(C)OCC)OC(C)OCC)OC(=O)C1C(=O)O. The lowest BCUT2D eigenvalue weighted by Gasteiger charge is -2.40. The third-order valence-electron chi connectivity index (χ3n) is 12.2. The van der Waals surface area contributed by atoms with E-state index in [1.807, 2.05) is 85.8 Å². The van der Waals surface area contributed by atoms with E-state index in [4.69, 9.17) is 52.1 Å². The molecule has 0 aromatic heterocycles. The summed E-state index contributed by atoms with van der Waals surface area (Å²) >= 11 is 0. The number of epoxide rings is 1. The summed E-state index contributed by atoms with van der Waals surface area (Å²) in [6.07, 6.45) is 4.83. The minimum atomic E-state index is -1.76. The van der Waals surface area contributed by atoms with Crippen molar-refractivity contribution in [2.75, 3.05) is 26.4 Å². The van der Waals surface area contributed by atoms with Crippen molar-refractivity contribution in [3.63, 3.8) is 0 Å². The first-order chi connectivity index (χ1) is 32.1. The molecule has 17 heteroatoms. The molecule has 0 bridgehead atoms. The Morgan fingerprint density at radius 2 is 1.54 bits per heavy atom. The highest BCUT2D eigenvalue weighted by Crippen LogP contribution is 2.40. The number of carboxylic acids is 1. The maximum atomic E-state index is 14.3. The van der Waals surface area contributed by atoms with Gasteiger partial charge in [-0.1, -0.05) is 45.1 Å². The molecule has 0 aliphatic carbocycles. The number of nitrogens with zero attached hydrogens (tertiary/aromatic N) is 1. The van der Waals surface area contributed by atoms with Gasteiger partial charge in [0.25, 0.3) is 5.69 Å². The van der Waals surface area contributed by atoms with Gasteiger partial charge in [-0.25, -0.2) is 0 Å². The zero-order valence-electron chi connectivity index (χ0n) is 42.9. The normalized spacial score (nSPS) is 29.0. The topological polar surface area (TPSA) is 202 Å². The van der Waals surface area contributed by atoms with Crippen LogP contribution < -0.4 is 4.74 Å². The number of nitro groups is 1. The van der Waals surface area contributed by atoms with E-state index in [2.05, 4.69) is 13.8 Å². The van der Waals surface area contributed by atoms with Crippen molar-refractivity contribution in [3.05, 3.63) is 70.3 Å². The second-order valence-corrected chi connectivity index (χ2v) is 17.9. The second kappa shape index (κ2) is 28.2. The Hall–Kier alpha value is -3.78.